The fourth-order valence-corrected chi connectivity index (χ4v) is 1.30. The molecule has 0 radical (unpaired) electrons. The molecular weight excluding hydrogens is 397 g/mol. The molecule has 4 nitrogen and oxygen atoms in total. The highest BCUT2D eigenvalue weighted by molar-refractivity contribution is 14.0. The zero-order valence-electron chi connectivity index (χ0n) is 9.70. The first-order chi connectivity index (χ1) is 7.72. The van der Waals surface area contributed by atoms with Gasteiger partial charge in [0.15, 0.2) is 5.96 Å². The van der Waals surface area contributed by atoms with Crippen LogP contribution in [0.15, 0.2) is 38.9 Å². The number of guanidine groups is 1. The van der Waals surface area contributed by atoms with Crippen LogP contribution in [0.25, 0.3) is 0 Å². The number of aliphatic imine (C=N–C) groups is 1. The molecular formula is C11H17BrIN3O. The SMILES string of the molecule is C=C(Br)CNC(=NC)NCCc1ccco1.I. The maximum Gasteiger partial charge on any atom is 0.191 e. The Morgan fingerprint density at radius 1 is 1.53 bits per heavy atom. The molecule has 0 aliphatic rings. The quantitative estimate of drug-likeness (QED) is 0.443. The molecule has 2 N–H and O–H groups in total. The fraction of sp³-hybridized carbons (Fsp3) is 0.364. The van der Waals surface area contributed by atoms with Crippen molar-refractivity contribution in [3.63, 3.8) is 0 Å². The number of furan rings is 1. The molecule has 0 spiro atoms. The van der Waals surface area contributed by atoms with Crippen molar-refractivity contribution in [2.24, 2.45) is 4.99 Å². The highest BCUT2D eigenvalue weighted by Gasteiger charge is 1.98. The van der Waals surface area contributed by atoms with Gasteiger partial charge >= 0.3 is 0 Å². The van der Waals surface area contributed by atoms with Gasteiger partial charge in [-0.05, 0) is 12.1 Å². The zero-order chi connectivity index (χ0) is 11.8. The molecule has 0 aliphatic carbocycles. The molecule has 0 atom stereocenters. The van der Waals surface area contributed by atoms with E-state index in [1.165, 1.54) is 0 Å². The first-order valence-electron chi connectivity index (χ1n) is 5.02. The Bertz CT molecular complexity index is 352. The van der Waals surface area contributed by atoms with Gasteiger partial charge in [0.1, 0.15) is 5.76 Å². The van der Waals surface area contributed by atoms with Gasteiger partial charge in [-0.15, -0.1) is 24.0 Å². The third kappa shape index (κ3) is 7.43. The van der Waals surface area contributed by atoms with Gasteiger partial charge in [-0.2, -0.15) is 0 Å². The van der Waals surface area contributed by atoms with Gasteiger partial charge in [-0.3, -0.25) is 4.99 Å². The van der Waals surface area contributed by atoms with Crippen molar-refractivity contribution in [2.75, 3.05) is 20.1 Å². The summed E-state index contributed by atoms with van der Waals surface area (Å²) in [4.78, 5) is 4.08. The number of hydrogen-bond donors (Lipinski definition) is 2. The number of halogens is 2. The molecule has 1 heterocycles. The van der Waals surface area contributed by atoms with Gasteiger partial charge in [-0.1, -0.05) is 22.5 Å². The molecule has 0 unspecified atom stereocenters. The third-order valence-corrected chi connectivity index (χ3v) is 2.20. The second-order valence-corrected chi connectivity index (χ2v) is 4.32. The predicted molar refractivity (Wildman–Crippen MR) is 85.3 cm³/mol. The van der Waals surface area contributed by atoms with Crippen molar-refractivity contribution in [1.82, 2.24) is 10.6 Å². The molecule has 0 bridgehead atoms. The molecule has 0 aromatic carbocycles. The molecule has 1 rings (SSSR count). The summed E-state index contributed by atoms with van der Waals surface area (Å²) in [6.07, 6.45) is 2.51. The Labute approximate surface area is 127 Å². The van der Waals surface area contributed by atoms with Crippen LogP contribution in [0.2, 0.25) is 0 Å². The normalized spacial score (nSPS) is 10.6. The van der Waals surface area contributed by atoms with Crippen LogP contribution in [-0.4, -0.2) is 26.1 Å². The highest BCUT2D eigenvalue weighted by atomic mass is 127. The molecule has 0 aliphatic heterocycles. The van der Waals surface area contributed by atoms with Gasteiger partial charge in [0.05, 0.1) is 6.26 Å². The van der Waals surface area contributed by atoms with Crippen LogP contribution in [0.3, 0.4) is 0 Å². The molecule has 0 fully saturated rings. The standard InChI is InChI=1S/C11H16BrN3O.HI/c1-9(12)8-15-11(13-2)14-6-5-10-4-3-7-16-10;/h3-4,7H,1,5-6,8H2,2H3,(H2,13,14,15);1H. The lowest BCUT2D eigenvalue weighted by Crippen LogP contribution is -2.38. The van der Waals surface area contributed by atoms with Gasteiger partial charge in [-0.25, -0.2) is 0 Å². The van der Waals surface area contributed by atoms with Crippen LogP contribution in [0, 0.1) is 0 Å². The van der Waals surface area contributed by atoms with Crippen LogP contribution in [0.4, 0.5) is 0 Å². The van der Waals surface area contributed by atoms with Crippen molar-refractivity contribution in [2.45, 2.75) is 6.42 Å². The number of nitrogens with zero attached hydrogens (tertiary/aromatic N) is 1. The zero-order valence-corrected chi connectivity index (χ0v) is 13.6. The largest absolute Gasteiger partial charge is 0.469 e. The second-order valence-electron chi connectivity index (χ2n) is 3.20. The predicted octanol–water partition coefficient (Wildman–Crippen LogP) is 2.51. The van der Waals surface area contributed by atoms with E-state index in [1.807, 2.05) is 12.1 Å². The average molecular weight is 414 g/mol. The van der Waals surface area contributed by atoms with Crippen molar-refractivity contribution in [3.05, 3.63) is 35.2 Å². The second kappa shape index (κ2) is 9.52. The molecule has 6 heteroatoms. The van der Waals surface area contributed by atoms with Crippen LogP contribution < -0.4 is 10.6 Å². The number of nitrogens with one attached hydrogen (secondary N) is 2. The summed E-state index contributed by atoms with van der Waals surface area (Å²) in [5, 5.41) is 6.29. The lowest BCUT2D eigenvalue weighted by atomic mass is 10.3. The van der Waals surface area contributed by atoms with Crippen LogP contribution in [-0.2, 0) is 6.42 Å². The van der Waals surface area contributed by atoms with E-state index in [0.29, 0.717) is 6.54 Å². The highest BCUT2D eigenvalue weighted by Crippen LogP contribution is 1.99. The van der Waals surface area contributed by atoms with Crippen LogP contribution in [0.5, 0.6) is 0 Å². The van der Waals surface area contributed by atoms with E-state index >= 15 is 0 Å². The van der Waals surface area contributed by atoms with Gasteiger partial charge in [0.2, 0.25) is 0 Å². The summed E-state index contributed by atoms with van der Waals surface area (Å²) in [6, 6.07) is 3.84. The summed E-state index contributed by atoms with van der Waals surface area (Å²) in [5.74, 6) is 1.72. The molecule has 0 saturated heterocycles. The van der Waals surface area contributed by atoms with E-state index < -0.39 is 0 Å². The number of hydrogen-bond acceptors (Lipinski definition) is 2. The summed E-state index contributed by atoms with van der Waals surface area (Å²) < 4.78 is 6.12. The van der Waals surface area contributed by atoms with E-state index in [0.717, 1.165) is 29.2 Å². The fourth-order valence-electron chi connectivity index (χ4n) is 1.16. The smallest absolute Gasteiger partial charge is 0.191 e. The Hall–Kier alpha value is -0.500. The first-order valence-corrected chi connectivity index (χ1v) is 5.82. The molecule has 96 valence electrons. The van der Waals surface area contributed by atoms with Crippen molar-refractivity contribution >= 4 is 45.9 Å². The minimum Gasteiger partial charge on any atom is -0.469 e. The van der Waals surface area contributed by atoms with E-state index in [1.54, 1.807) is 13.3 Å². The minimum absolute atomic E-state index is 0. The maximum atomic E-state index is 5.23. The molecule has 1 aromatic rings. The Morgan fingerprint density at radius 3 is 2.82 bits per heavy atom. The molecule has 0 saturated carbocycles. The van der Waals surface area contributed by atoms with E-state index in [2.05, 4.69) is 38.1 Å². The molecule has 1 aromatic heterocycles. The summed E-state index contributed by atoms with van der Waals surface area (Å²) in [5.41, 5.74) is 0. The Kier molecular flexibility index (Phi) is 9.24. The number of rotatable bonds is 5. The van der Waals surface area contributed by atoms with Crippen molar-refractivity contribution in [3.8, 4) is 0 Å². The van der Waals surface area contributed by atoms with Gasteiger partial charge < -0.3 is 15.1 Å². The van der Waals surface area contributed by atoms with E-state index in [9.17, 15) is 0 Å². The van der Waals surface area contributed by atoms with Crippen LogP contribution >= 0.6 is 39.9 Å². The summed E-state index contributed by atoms with van der Waals surface area (Å²) in [6.45, 7) is 5.17. The lowest BCUT2D eigenvalue weighted by molar-refractivity contribution is 0.507. The van der Waals surface area contributed by atoms with Gasteiger partial charge in [0, 0.05) is 31.0 Å². The first kappa shape index (κ1) is 16.5. The maximum absolute atomic E-state index is 5.23. The van der Waals surface area contributed by atoms with E-state index in [-0.39, 0.29) is 24.0 Å². The summed E-state index contributed by atoms with van der Waals surface area (Å²) >= 11 is 3.28. The van der Waals surface area contributed by atoms with Crippen molar-refractivity contribution in [1.29, 1.82) is 0 Å². The van der Waals surface area contributed by atoms with E-state index in [4.69, 9.17) is 4.42 Å². The minimum atomic E-state index is 0. The Balaban J connectivity index is 0.00000256. The third-order valence-electron chi connectivity index (χ3n) is 1.92. The monoisotopic (exact) mass is 413 g/mol. The topological polar surface area (TPSA) is 49.6 Å². The van der Waals surface area contributed by atoms with Gasteiger partial charge in [0.25, 0.3) is 0 Å². The molecule has 0 amide bonds. The molecule has 17 heavy (non-hydrogen) atoms. The Morgan fingerprint density at radius 2 is 2.29 bits per heavy atom. The average Bonchev–Trinajstić information content (AvgIpc) is 2.75. The summed E-state index contributed by atoms with van der Waals surface area (Å²) in [7, 11) is 1.74. The lowest BCUT2D eigenvalue weighted by Gasteiger charge is -2.10. The van der Waals surface area contributed by atoms with Crippen LogP contribution in [0.1, 0.15) is 5.76 Å². The van der Waals surface area contributed by atoms with Crippen molar-refractivity contribution < 1.29 is 4.42 Å².